The van der Waals surface area contributed by atoms with Gasteiger partial charge in [0.2, 0.25) is 88.6 Å². The van der Waals surface area contributed by atoms with Crippen molar-refractivity contribution < 1.29 is 96.8 Å². The van der Waals surface area contributed by atoms with Crippen molar-refractivity contribution in [3.63, 3.8) is 0 Å². The van der Waals surface area contributed by atoms with Gasteiger partial charge < -0.3 is 98.1 Å². The molecule has 0 radical (unpaired) electrons. The fraction of sp³-hybridized carbons (Fsp3) is 0.435. The van der Waals surface area contributed by atoms with E-state index in [0.717, 1.165) is 26.5 Å². The van der Waals surface area contributed by atoms with Crippen LogP contribution in [0.15, 0.2) is 164 Å². The lowest BCUT2D eigenvalue weighted by atomic mass is 9.98. The summed E-state index contributed by atoms with van der Waals surface area (Å²) >= 11 is 0.825. The largest absolute Gasteiger partial charge is 0.508 e. The number of methoxy groups -OCH3 is 1. The molecule has 11 atom stereocenters. The van der Waals surface area contributed by atoms with E-state index in [1.807, 2.05) is 6.92 Å². The summed E-state index contributed by atoms with van der Waals surface area (Å²) in [5, 5.41) is 54.8. The molecule has 688 valence electrons. The highest BCUT2D eigenvalue weighted by Crippen LogP contribution is 2.24. The van der Waals surface area contributed by atoms with Crippen LogP contribution in [-0.4, -0.2) is 274 Å². The molecule has 1 aliphatic heterocycles. The number of hydrogen-bond donors (Lipinski definition) is 13. The summed E-state index contributed by atoms with van der Waals surface area (Å²) in [6.45, 7) is 6.14. The van der Waals surface area contributed by atoms with Crippen LogP contribution in [0.1, 0.15) is 100 Å². The number of nitrogens with two attached hydrogens (primary N) is 1. The van der Waals surface area contributed by atoms with Crippen molar-refractivity contribution in [1.29, 1.82) is 0 Å². The second-order valence-electron chi connectivity index (χ2n) is 32.6. The molecule has 1 heterocycles. The lowest BCUT2D eigenvalue weighted by molar-refractivity contribution is -0.151. The topological polar surface area (TPSA) is 494 Å². The van der Waals surface area contributed by atoms with Gasteiger partial charge in [0.1, 0.15) is 83.7 Å². The highest BCUT2D eigenvalue weighted by molar-refractivity contribution is 8.00. The van der Waals surface area contributed by atoms with Crippen LogP contribution >= 0.6 is 11.8 Å². The molecule has 1 saturated heterocycles. The number of primary amides is 1. The lowest BCUT2D eigenvalue weighted by Gasteiger charge is -2.37. The minimum atomic E-state index is -1.91. The number of nitrogens with zero attached hydrogens (tertiary/aromatic N) is 5. The number of thioether (sulfide) groups is 1. The van der Waals surface area contributed by atoms with Gasteiger partial charge in [-0.2, -0.15) is 0 Å². The Morgan fingerprint density at radius 1 is 0.461 bits per heavy atom. The number of hydrogen-bond acceptors (Lipinski definition) is 20. The van der Waals surface area contributed by atoms with Crippen LogP contribution in [0.5, 0.6) is 17.2 Å². The van der Waals surface area contributed by atoms with Gasteiger partial charge in [0.25, 0.3) is 0 Å². The van der Waals surface area contributed by atoms with E-state index in [4.69, 9.17) is 10.5 Å². The van der Waals surface area contributed by atoms with E-state index in [1.54, 1.807) is 143 Å². The highest BCUT2D eigenvalue weighted by atomic mass is 32.2. The van der Waals surface area contributed by atoms with Crippen LogP contribution in [-0.2, 0) is 115 Å². The van der Waals surface area contributed by atoms with E-state index in [0.29, 0.717) is 52.0 Å². The summed E-state index contributed by atoms with van der Waals surface area (Å²) in [6, 6.07) is 26.5. The average Bonchev–Trinajstić information content (AvgIpc) is 0.792. The van der Waals surface area contributed by atoms with E-state index < -0.39 is 199 Å². The number of carboxylic acid groups (broad SMARTS) is 1. The van der Waals surface area contributed by atoms with E-state index in [9.17, 15) is 58.5 Å². The number of phenols is 2. The smallest absolute Gasteiger partial charge is 0.305 e. The molecule has 1 fully saturated rings. The normalized spacial score (nSPS) is 21.9. The predicted molar refractivity (Wildman–Crippen MR) is 477 cm³/mol. The van der Waals surface area contributed by atoms with E-state index in [2.05, 4.69) is 47.9 Å². The number of ether oxygens (including phenoxy) is 1. The summed E-state index contributed by atoms with van der Waals surface area (Å²) < 4.78 is 5.49. The number of benzene rings is 6. The number of aliphatic carboxylic acids is 1. The Kier molecular flexibility index (Phi) is 39.8. The van der Waals surface area contributed by atoms with Gasteiger partial charge in [-0.25, -0.2) is 0 Å². The van der Waals surface area contributed by atoms with Crippen LogP contribution in [0.2, 0.25) is 0 Å². The molecule has 128 heavy (non-hydrogen) atoms. The maximum Gasteiger partial charge on any atom is 0.305 e. The standard InChI is InChI=1S/C92H119N15O20S/c1-12-13-32-73-90(124)104(7)52-78(112)96-69(49-80(114)115)86(120)102-81(56(4)5)92(126)106(9)74(47-58-26-19-15-20-27-58)87(121)100-70(45-61-35-39-64(109)40-36-61)88(122)103(6)51-77(111)95-67(46-62-30-23-31-65(42-62)127-11)84(118)99-68(43-60-33-37-63(108)38-34-60)85(119)98-66(41-55(2)3)83(117)101-72(82(116)94-50-76(93)110)53-128-54-79(113)97-71(44-57-24-17-14-18-25-57)89(123)107(10)75(91(125)105(73)8)48-59-28-21-16-22-29-59/h14-31,33-40,42,55-56,66-75,81,108-109H,12-13,32,41,43-54H2,1-11H3,(H2,93,110)(H,94,116)(H,95,111)(H,96,112)(H,97,113)(H,98,119)(H,99,118)(H,100,121)(H,101,117)(H,102,120)(H,114,115)/t66-,67-,68-,69-,70-,71-,72-,73-,74-,75-,81-/m0/s1. The number of amides is 15. The van der Waals surface area contributed by atoms with Crippen LogP contribution < -0.4 is 58.3 Å². The number of carboxylic acids is 1. The maximum absolute atomic E-state index is 15.5. The fourth-order valence-corrected chi connectivity index (χ4v) is 15.3. The van der Waals surface area contributed by atoms with Crippen LogP contribution in [0.25, 0.3) is 0 Å². The van der Waals surface area contributed by atoms with Gasteiger partial charge in [0.15, 0.2) is 0 Å². The molecule has 0 spiro atoms. The second-order valence-corrected chi connectivity index (χ2v) is 33.6. The molecule has 14 N–H and O–H groups in total. The number of nitrogens with one attached hydrogen (secondary N) is 9. The first-order chi connectivity index (χ1) is 60.8. The number of carbonyl (C=O) groups is 16. The third kappa shape index (κ3) is 31.9. The van der Waals surface area contributed by atoms with Crippen molar-refractivity contribution in [1.82, 2.24) is 72.4 Å². The van der Waals surface area contributed by atoms with Crippen LogP contribution in [0.4, 0.5) is 0 Å². The molecule has 6 aromatic rings. The Morgan fingerprint density at radius 2 is 0.891 bits per heavy atom. The minimum absolute atomic E-state index is 0.0289. The zero-order chi connectivity index (χ0) is 94.0. The first-order valence-corrected chi connectivity index (χ1v) is 43.3. The Hall–Kier alpha value is -13.4. The second kappa shape index (κ2) is 50.1. The Morgan fingerprint density at radius 3 is 1.41 bits per heavy atom. The fourth-order valence-electron chi connectivity index (χ4n) is 14.5. The molecule has 0 bridgehead atoms. The number of aromatic hydroxyl groups is 2. The SMILES string of the molecule is CCCC[C@H]1C(=O)N(C)CC(=O)N[C@@H](CC(=O)O)C(=O)N[C@@H](C(C)C)C(=O)N(C)[C@@H](Cc2ccccc2)C(=O)N[C@@H](Cc2ccc(O)cc2)C(=O)N(C)CC(=O)N[C@@H](Cc2cccc(OC)c2)C(=O)N[C@@H](Cc2ccc(O)cc2)C(=O)N[C@@H](CC(C)C)C(=O)N[C@H](C(=O)NCC(N)=O)CSCC(=O)N[C@@H](Cc2ccccc2)C(=O)N(C)[C@@H](Cc2ccccc2)C(=O)N1C. The Labute approximate surface area is 748 Å². The van der Waals surface area contributed by atoms with Crippen molar-refractivity contribution in [3.05, 3.63) is 197 Å². The summed E-state index contributed by atoms with van der Waals surface area (Å²) in [5.41, 5.74) is 8.35. The Balaban J connectivity index is 1.33. The van der Waals surface area contributed by atoms with Gasteiger partial charge in [0, 0.05) is 79.5 Å². The third-order valence-corrected chi connectivity index (χ3v) is 22.6. The van der Waals surface area contributed by atoms with Gasteiger partial charge in [-0.1, -0.05) is 175 Å². The molecule has 0 aliphatic carbocycles. The molecule has 15 amide bonds. The highest BCUT2D eigenvalue weighted by Gasteiger charge is 2.42. The zero-order valence-electron chi connectivity index (χ0n) is 73.9. The molecular formula is C92H119N15O20S. The van der Waals surface area contributed by atoms with Crippen molar-refractivity contribution in [2.24, 2.45) is 17.6 Å². The van der Waals surface area contributed by atoms with Gasteiger partial charge in [-0.15, -0.1) is 11.8 Å². The quantitative estimate of drug-likeness (QED) is 0.0411. The molecule has 0 saturated carbocycles. The number of rotatable bonds is 24. The lowest BCUT2D eigenvalue weighted by Crippen LogP contribution is -2.61. The Bertz CT molecular complexity index is 4820. The molecule has 6 aromatic carbocycles. The summed E-state index contributed by atoms with van der Waals surface area (Å²) in [7, 11) is 7.92. The monoisotopic (exact) mass is 1790 g/mol. The van der Waals surface area contributed by atoms with Crippen molar-refractivity contribution >= 4 is 106 Å². The van der Waals surface area contributed by atoms with Crippen LogP contribution in [0, 0.1) is 11.8 Å². The number of carbonyl (C=O) groups excluding carboxylic acids is 15. The molecule has 0 aromatic heterocycles. The van der Waals surface area contributed by atoms with Gasteiger partial charge in [0.05, 0.1) is 38.9 Å². The molecule has 1 aliphatic rings. The van der Waals surface area contributed by atoms with E-state index >= 15 is 33.6 Å². The van der Waals surface area contributed by atoms with E-state index in [1.165, 1.54) is 101 Å². The molecule has 36 heteroatoms. The molecule has 0 unspecified atom stereocenters. The molecule has 35 nitrogen and oxygen atoms in total. The van der Waals surface area contributed by atoms with Crippen molar-refractivity contribution in [2.75, 3.05) is 73.5 Å². The maximum atomic E-state index is 15.5. The molecule has 7 rings (SSSR count). The van der Waals surface area contributed by atoms with Gasteiger partial charge in [-0.05, 0) is 94.5 Å². The summed E-state index contributed by atoms with van der Waals surface area (Å²) in [6.07, 6.45) is -1.59. The van der Waals surface area contributed by atoms with Crippen LogP contribution in [0.3, 0.4) is 0 Å². The summed E-state index contributed by atoms with van der Waals surface area (Å²) in [5.74, 6) is -17.2. The number of phenolic OH excluding ortho intramolecular Hbond substituents is 2. The zero-order valence-corrected chi connectivity index (χ0v) is 74.7. The number of unbranched alkanes of at least 4 members (excludes halogenated alkanes) is 1. The van der Waals surface area contributed by atoms with Gasteiger partial charge >= 0.3 is 5.97 Å². The molecular weight excluding hydrogens is 1670 g/mol. The first kappa shape index (κ1) is 102. The van der Waals surface area contributed by atoms with Crippen molar-refractivity contribution in [3.8, 4) is 17.2 Å². The van der Waals surface area contributed by atoms with Crippen molar-refractivity contribution in [2.45, 2.75) is 172 Å². The summed E-state index contributed by atoms with van der Waals surface area (Å²) in [4.78, 5) is 240. The van der Waals surface area contributed by atoms with E-state index in [-0.39, 0.29) is 74.5 Å². The average molecular weight is 1790 g/mol. The first-order valence-electron chi connectivity index (χ1n) is 42.2. The number of likely N-dealkylation sites (N-methyl/N-ethyl adjacent to an activating group) is 5. The van der Waals surface area contributed by atoms with Gasteiger partial charge in [-0.3, -0.25) is 76.7 Å². The minimum Gasteiger partial charge on any atom is -0.508 e. The predicted octanol–water partition coefficient (Wildman–Crippen LogP) is 1.85. The third-order valence-electron chi connectivity index (χ3n) is 21.5.